The minimum Gasteiger partial charge on any atom is -0.505 e. The molecule has 0 amide bonds. The van der Waals surface area contributed by atoms with Crippen molar-refractivity contribution >= 4 is 90.3 Å². The molecular weight excluding hydrogens is 620 g/mol. The summed E-state index contributed by atoms with van der Waals surface area (Å²) in [7, 11) is 0. The Morgan fingerprint density at radius 3 is 2.50 bits per heavy atom. The molecule has 0 radical (unpaired) electrons. The van der Waals surface area contributed by atoms with Crippen LogP contribution in [0.15, 0.2) is 27.4 Å². The number of hydrogen-bond donors (Lipinski definition) is 1. The molecule has 1 aromatic carbocycles. The van der Waals surface area contributed by atoms with Crippen LogP contribution in [0, 0.1) is 10.7 Å². The highest BCUT2D eigenvalue weighted by molar-refractivity contribution is 14.1. The van der Waals surface area contributed by atoms with Gasteiger partial charge < -0.3 is 9.52 Å². The van der Waals surface area contributed by atoms with E-state index in [0.717, 1.165) is 10.9 Å². The second-order valence-electron chi connectivity index (χ2n) is 4.11. The van der Waals surface area contributed by atoms with Gasteiger partial charge in [0.15, 0.2) is 17.1 Å². The summed E-state index contributed by atoms with van der Waals surface area (Å²) in [6.45, 7) is 0. The van der Waals surface area contributed by atoms with Gasteiger partial charge in [-0.15, -0.1) is 0 Å². The van der Waals surface area contributed by atoms with E-state index in [2.05, 4.69) is 0 Å². The maximum atomic E-state index is 12.0. The molecule has 20 heavy (non-hydrogen) atoms. The van der Waals surface area contributed by atoms with Gasteiger partial charge in [0.1, 0.15) is 8.59 Å². The lowest BCUT2D eigenvalue weighted by Gasteiger charge is -2.11. The highest BCUT2D eigenvalue weighted by Gasteiger charge is 2.19. The van der Waals surface area contributed by atoms with Crippen molar-refractivity contribution < 1.29 is 9.52 Å². The number of phenolic OH excluding ortho intramolecular Hbond substituents is 1. The van der Waals surface area contributed by atoms with E-state index in [0.29, 0.717) is 22.1 Å². The molecule has 0 aromatic heterocycles. The lowest BCUT2D eigenvalue weighted by molar-refractivity contribution is 0.471. The molecule has 102 valence electrons. The summed E-state index contributed by atoms with van der Waals surface area (Å²) in [6.07, 6.45) is 0. The minimum absolute atomic E-state index is 0.00858. The van der Waals surface area contributed by atoms with Crippen molar-refractivity contribution in [3.63, 3.8) is 0 Å². The summed E-state index contributed by atoms with van der Waals surface area (Å²) in [5.74, 6) is 0.483. The average Bonchev–Trinajstić information content (AvgIpc) is 2.41. The monoisotopic (exact) mass is 624 g/mol. The van der Waals surface area contributed by atoms with Crippen molar-refractivity contribution in [1.29, 1.82) is 0 Å². The second-order valence-corrected chi connectivity index (χ2v) is 7.89. The summed E-state index contributed by atoms with van der Waals surface area (Å²) < 4.78 is 7.59. The molecule has 3 nitrogen and oxygen atoms in total. The van der Waals surface area contributed by atoms with Gasteiger partial charge in [-0.25, -0.2) is 0 Å². The first-order valence-corrected chi connectivity index (χ1v) is 8.94. The van der Waals surface area contributed by atoms with Crippen LogP contribution in [-0.4, -0.2) is 5.11 Å². The Morgan fingerprint density at radius 2 is 1.80 bits per heavy atom. The van der Waals surface area contributed by atoms with Crippen molar-refractivity contribution in [2.75, 3.05) is 0 Å². The Morgan fingerprint density at radius 1 is 1.10 bits per heavy atom. The molecule has 1 N–H and O–H groups in total. The highest BCUT2D eigenvalue weighted by Crippen LogP contribution is 2.40. The molecule has 0 atom stereocenters. The smallest absolute Gasteiger partial charge is 0.209 e. The van der Waals surface area contributed by atoms with E-state index in [4.69, 9.17) is 16.0 Å². The van der Waals surface area contributed by atoms with E-state index in [9.17, 15) is 9.90 Å². The van der Waals surface area contributed by atoms with Gasteiger partial charge in [-0.05, 0) is 86.0 Å². The molecule has 1 aromatic rings. The van der Waals surface area contributed by atoms with Gasteiger partial charge in [0.05, 0.1) is 7.14 Å². The predicted molar refractivity (Wildman–Crippen MR) is 104 cm³/mol. The fraction of sp³-hybridized carbons (Fsp3) is 0. The molecule has 1 aliphatic carbocycles. The average molecular weight is 624 g/mol. The first-order chi connectivity index (χ1) is 9.40. The summed E-state index contributed by atoms with van der Waals surface area (Å²) in [5.41, 5.74) is 1.16. The van der Waals surface area contributed by atoms with Crippen LogP contribution in [0.1, 0.15) is 0 Å². The van der Waals surface area contributed by atoms with Crippen LogP contribution in [-0.2, 0) is 0 Å². The molecule has 0 spiro atoms. The van der Waals surface area contributed by atoms with Crippen LogP contribution in [0.4, 0.5) is 0 Å². The van der Waals surface area contributed by atoms with Gasteiger partial charge in [0, 0.05) is 10.9 Å². The number of rotatable bonds is 0. The molecule has 3 rings (SSSR count). The van der Waals surface area contributed by atoms with Crippen molar-refractivity contribution in [3.05, 3.63) is 44.2 Å². The van der Waals surface area contributed by atoms with Gasteiger partial charge in [-0.2, -0.15) is 0 Å². The molecule has 0 bridgehead atoms. The number of fused-ring (bicyclic) bond motifs is 2. The molecule has 0 saturated heterocycles. The standard InChI is InChI=1S/C13H4ClI3O3/c14-8-10(18)6(15)2-4-1-5-3-7(16)11(19)9(17)13(5)20-12(4)8/h1-3,18H. The van der Waals surface area contributed by atoms with Crippen LogP contribution in [0.2, 0.25) is 5.02 Å². The van der Waals surface area contributed by atoms with Crippen molar-refractivity contribution in [2.45, 2.75) is 0 Å². The number of benzene rings is 2. The molecule has 7 heteroatoms. The third-order valence-electron chi connectivity index (χ3n) is 2.85. The Kier molecular flexibility index (Phi) is 4.10. The van der Waals surface area contributed by atoms with Crippen molar-refractivity contribution in [1.82, 2.24) is 0 Å². The van der Waals surface area contributed by atoms with Gasteiger partial charge in [0.2, 0.25) is 5.43 Å². The topological polar surface area (TPSA) is 50.4 Å². The predicted octanol–water partition coefficient (Wildman–Crippen LogP) is 5.07. The van der Waals surface area contributed by atoms with Gasteiger partial charge in [-0.1, -0.05) is 11.6 Å². The maximum Gasteiger partial charge on any atom is 0.209 e. The van der Waals surface area contributed by atoms with E-state index in [-0.39, 0.29) is 16.2 Å². The Balaban J connectivity index is 2.55. The van der Waals surface area contributed by atoms with E-state index in [1.165, 1.54) is 0 Å². The highest BCUT2D eigenvalue weighted by atomic mass is 127. The number of phenols is 1. The summed E-state index contributed by atoms with van der Waals surface area (Å²) in [4.78, 5) is 12.0. The lowest BCUT2D eigenvalue weighted by atomic mass is 10.1. The van der Waals surface area contributed by atoms with Crippen LogP contribution < -0.4 is 5.43 Å². The molecule has 0 unspecified atom stereocenters. The summed E-state index contributed by atoms with van der Waals surface area (Å²) >= 11 is 12.1. The molecule has 1 aliphatic heterocycles. The molecule has 0 saturated carbocycles. The SMILES string of the molecule is O=c1c(I)cc2cc3cc(I)c(O)c(Cl)c3oc-2c1I. The number of aromatic hydroxyl groups is 1. The van der Waals surface area contributed by atoms with Crippen LogP contribution in [0.3, 0.4) is 0 Å². The summed E-state index contributed by atoms with van der Waals surface area (Å²) in [5, 5.41) is 10.8. The molecular formula is C13H4ClI3O3. The van der Waals surface area contributed by atoms with Crippen molar-refractivity contribution in [3.8, 4) is 17.1 Å². The fourth-order valence-corrected chi connectivity index (χ4v) is 4.75. The quantitative estimate of drug-likeness (QED) is 0.281. The maximum absolute atomic E-state index is 12.0. The zero-order valence-electron chi connectivity index (χ0n) is 9.51. The van der Waals surface area contributed by atoms with E-state index < -0.39 is 0 Å². The van der Waals surface area contributed by atoms with Crippen molar-refractivity contribution in [2.24, 2.45) is 0 Å². The third-order valence-corrected chi connectivity index (χ3v) is 5.81. The van der Waals surface area contributed by atoms with Crippen LogP contribution >= 0.6 is 79.4 Å². The Labute approximate surface area is 159 Å². The van der Waals surface area contributed by atoms with Crippen LogP contribution in [0.25, 0.3) is 22.3 Å². The van der Waals surface area contributed by atoms with E-state index >= 15 is 0 Å². The van der Waals surface area contributed by atoms with Gasteiger partial charge in [0.25, 0.3) is 0 Å². The first kappa shape index (κ1) is 15.1. The zero-order valence-corrected chi connectivity index (χ0v) is 16.7. The second kappa shape index (κ2) is 5.43. The fourth-order valence-electron chi connectivity index (χ4n) is 1.90. The molecule has 1 heterocycles. The van der Waals surface area contributed by atoms with Gasteiger partial charge in [-0.3, -0.25) is 4.79 Å². The number of halogens is 4. The normalized spacial score (nSPS) is 11.4. The zero-order chi connectivity index (χ0) is 14.6. The minimum atomic E-state index is -0.0624. The summed E-state index contributed by atoms with van der Waals surface area (Å²) in [6, 6.07) is 5.49. The Hall–Kier alpha value is 0.190. The molecule has 2 aliphatic rings. The lowest BCUT2D eigenvalue weighted by Crippen LogP contribution is -2.11. The van der Waals surface area contributed by atoms with Crippen LogP contribution in [0.5, 0.6) is 5.75 Å². The van der Waals surface area contributed by atoms with E-state index in [1.807, 2.05) is 73.8 Å². The van der Waals surface area contributed by atoms with Gasteiger partial charge >= 0.3 is 0 Å². The first-order valence-electron chi connectivity index (χ1n) is 5.32. The Bertz CT molecular complexity index is 889. The molecule has 0 fully saturated rings. The number of hydrogen-bond acceptors (Lipinski definition) is 3. The van der Waals surface area contributed by atoms with E-state index in [1.54, 1.807) is 12.1 Å². The third kappa shape index (κ3) is 2.31. The largest absolute Gasteiger partial charge is 0.505 e.